The van der Waals surface area contributed by atoms with Crippen LogP contribution < -0.4 is 14.2 Å². The van der Waals surface area contributed by atoms with Gasteiger partial charge in [0.25, 0.3) is 0 Å². The van der Waals surface area contributed by atoms with Gasteiger partial charge < -0.3 is 24.4 Å². The number of rotatable bonds is 5. The summed E-state index contributed by atoms with van der Waals surface area (Å²) in [6.07, 6.45) is -1.43. The molecule has 0 saturated carbocycles. The Morgan fingerprint density at radius 2 is 1.64 bits per heavy atom. The molecule has 0 radical (unpaired) electrons. The maximum Gasteiger partial charge on any atom is 0.345 e. The van der Waals surface area contributed by atoms with Crippen molar-refractivity contribution in [2.75, 3.05) is 14.2 Å². The average molecular weight is 304 g/mol. The van der Waals surface area contributed by atoms with Crippen molar-refractivity contribution in [1.82, 2.24) is 0 Å². The molecule has 0 amide bonds. The van der Waals surface area contributed by atoms with Crippen molar-refractivity contribution in [2.45, 2.75) is 6.10 Å². The Bertz CT molecular complexity index is 650. The summed E-state index contributed by atoms with van der Waals surface area (Å²) < 4.78 is 15.0. The van der Waals surface area contributed by atoms with E-state index >= 15 is 0 Å². The molecule has 2 rings (SSSR count). The zero-order valence-corrected chi connectivity index (χ0v) is 12.1. The van der Waals surface area contributed by atoms with Crippen molar-refractivity contribution >= 4 is 5.97 Å². The van der Waals surface area contributed by atoms with Gasteiger partial charge in [0, 0.05) is 6.07 Å². The summed E-state index contributed by atoms with van der Waals surface area (Å²) in [5.41, 5.74) is 0.386. The fraction of sp³-hybridized carbons (Fsp3) is 0.188. The highest BCUT2D eigenvalue weighted by molar-refractivity contribution is 5.78. The molecule has 0 fully saturated rings. The van der Waals surface area contributed by atoms with E-state index in [1.807, 2.05) is 0 Å². The molecule has 2 N–H and O–H groups in total. The third-order valence-corrected chi connectivity index (χ3v) is 3.02. The van der Waals surface area contributed by atoms with Crippen molar-refractivity contribution < 1.29 is 29.2 Å². The van der Waals surface area contributed by atoms with E-state index in [0.717, 1.165) is 0 Å². The summed E-state index contributed by atoms with van der Waals surface area (Å²) in [5.74, 6) is 0.0416. The van der Waals surface area contributed by atoms with Gasteiger partial charge in [0.05, 0.1) is 14.2 Å². The smallest absolute Gasteiger partial charge is 0.345 e. The SMILES string of the molecule is COc1ccc(C(O)C(=O)Oc2ccc(O)c(OC)c2)cc1. The summed E-state index contributed by atoms with van der Waals surface area (Å²) in [7, 11) is 2.91. The van der Waals surface area contributed by atoms with E-state index in [1.165, 1.54) is 32.4 Å². The van der Waals surface area contributed by atoms with Gasteiger partial charge in [-0.25, -0.2) is 4.79 Å². The number of carbonyl (C=O) groups excluding carboxylic acids is 1. The van der Waals surface area contributed by atoms with Crippen LogP contribution in [0, 0.1) is 0 Å². The standard InChI is InChI=1S/C16H16O6/c1-20-11-5-3-10(4-6-11)15(18)16(19)22-12-7-8-13(17)14(9-12)21-2/h3-9,15,17-18H,1-2H3. The van der Waals surface area contributed by atoms with Crippen LogP contribution in [0.3, 0.4) is 0 Å². The van der Waals surface area contributed by atoms with Crippen molar-refractivity contribution in [3.8, 4) is 23.0 Å². The van der Waals surface area contributed by atoms with Crippen molar-refractivity contribution in [2.24, 2.45) is 0 Å². The van der Waals surface area contributed by atoms with Crippen LogP contribution in [0.15, 0.2) is 42.5 Å². The summed E-state index contributed by atoms with van der Waals surface area (Å²) >= 11 is 0. The molecule has 0 spiro atoms. The lowest BCUT2D eigenvalue weighted by atomic mass is 10.1. The van der Waals surface area contributed by atoms with Crippen LogP contribution in [0.5, 0.6) is 23.0 Å². The molecule has 0 heterocycles. The van der Waals surface area contributed by atoms with Gasteiger partial charge in [-0.1, -0.05) is 12.1 Å². The molecular formula is C16H16O6. The molecule has 0 aliphatic carbocycles. The Morgan fingerprint density at radius 3 is 2.23 bits per heavy atom. The van der Waals surface area contributed by atoms with Crippen LogP contribution in [0.2, 0.25) is 0 Å². The Labute approximate surface area is 127 Å². The Hall–Kier alpha value is -2.73. The number of aliphatic hydroxyl groups excluding tert-OH is 1. The van der Waals surface area contributed by atoms with Gasteiger partial charge in [0.15, 0.2) is 17.6 Å². The van der Waals surface area contributed by atoms with Crippen molar-refractivity contribution in [3.63, 3.8) is 0 Å². The summed E-state index contributed by atoms with van der Waals surface area (Å²) in [5, 5.41) is 19.5. The molecule has 6 heteroatoms. The predicted molar refractivity (Wildman–Crippen MR) is 78.2 cm³/mol. The number of methoxy groups -OCH3 is 2. The van der Waals surface area contributed by atoms with Gasteiger partial charge in [-0.3, -0.25) is 0 Å². The zero-order valence-electron chi connectivity index (χ0n) is 12.1. The first kappa shape index (κ1) is 15.7. The highest BCUT2D eigenvalue weighted by atomic mass is 16.6. The number of ether oxygens (including phenoxy) is 3. The first-order valence-electron chi connectivity index (χ1n) is 6.46. The molecular weight excluding hydrogens is 288 g/mol. The van der Waals surface area contributed by atoms with Gasteiger partial charge in [-0.2, -0.15) is 0 Å². The highest BCUT2D eigenvalue weighted by Gasteiger charge is 2.20. The molecule has 1 unspecified atom stereocenters. The minimum absolute atomic E-state index is 0.0713. The van der Waals surface area contributed by atoms with E-state index < -0.39 is 12.1 Å². The van der Waals surface area contributed by atoms with Gasteiger partial charge >= 0.3 is 5.97 Å². The molecule has 2 aromatic carbocycles. The number of hydrogen-bond donors (Lipinski definition) is 2. The average Bonchev–Trinajstić information content (AvgIpc) is 2.55. The minimum Gasteiger partial charge on any atom is -0.504 e. The maximum atomic E-state index is 11.9. The first-order chi connectivity index (χ1) is 10.5. The molecule has 0 bridgehead atoms. The predicted octanol–water partition coefficient (Wildman–Crippen LogP) is 2.05. The normalized spacial score (nSPS) is 11.6. The van der Waals surface area contributed by atoms with E-state index in [9.17, 15) is 15.0 Å². The van der Waals surface area contributed by atoms with Gasteiger partial charge in [-0.15, -0.1) is 0 Å². The summed E-state index contributed by atoms with van der Waals surface area (Å²) in [6, 6.07) is 10.5. The quantitative estimate of drug-likeness (QED) is 0.649. The zero-order chi connectivity index (χ0) is 16.1. The monoisotopic (exact) mass is 304 g/mol. The number of aromatic hydroxyl groups is 1. The number of esters is 1. The molecule has 1 atom stereocenters. The van der Waals surface area contributed by atoms with Crippen LogP contribution in [0.1, 0.15) is 11.7 Å². The molecule has 116 valence electrons. The topological polar surface area (TPSA) is 85.2 Å². The molecule has 0 aromatic heterocycles. The number of aliphatic hydroxyl groups is 1. The van der Waals surface area contributed by atoms with E-state index in [-0.39, 0.29) is 17.2 Å². The molecule has 0 aliphatic rings. The first-order valence-corrected chi connectivity index (χ1v) is 6.46. The Balaban J connectivity index is 2.10. The fourth-order valence-corrected chi connectivity index (χ4v) is 1.82. The van der Waals surface area contributed by atoms with E-state index in [4.69, 9.17) is 14.2 Å². The molecule has 2 aromatic rings. The Kier molecular flexibility index (Phi) is 4.85. The lowest BCUT2D eigenvalue weighted by Crippen LogP contribution is -2.18. The number of phenolic OH excluding ortho intramolecular Hbond substituents is 1. The van der Waals surface area contributed by atoms with Crippen LogP contribution in [0.4, 0.5) is 0 Å². The second kappa shape index (κ2) is 6.82. The summed E-state index contributed by atoms with van der Waals surface area (Å²) in [6.45, 7) is 0. The maximum absolute atomic E-state index is 11.9. The van der Waals surface area contributed by atoms with E-state index in [0.29, 0.717) is 11.3 Å². The molecule has 22 heavy (non-hydrogen) atoms. The van der Waals surface area contributed by atoms with E-state index in [1.54, 1.807) is 24.3 Å². The molecule has 6 nitrogen and oxygen atoms in total. The third kappa shape index (κ3) is 3.48. The summed E-state index contributed by atoms with van der Waals surface area (Å²) in [4.78, 5) is 11.9. The lowest BCUT2D eigenvalue weighted by molar-refractivity contribution is -0.144. The second-order valence-corrected chi connectivity index (χ2v) is 4.43. The number of carbonyl (C=O) groups is 1. The second-order valence-electron chi connectivity index (χ2n) is 4.43. The molecule has 0 aliphatic heterocycles. The minimum atomic E-state index is -1.43. The van der Waals surface area contributed by atoms with Gasteiger partial charge in [-0.05, 0) is 29.8 Å². The Morgan fingerprint density at radius 1 is 1.00 bits per heavy atom. The van der Waals surface area contributed by atoms with Crippen LogP contribution in [0.25, 0.3) is 0 Å². The van der Waals surface area contributed by atoms with Gasteiger partial charge in [0.2, 0.25) is 0 Å². The van der Waals surface area contributed by atoms with Crippen LogP contribution in [-0.2, 0) is 4.79 Å². The fourth-order valence-electron chi connectivity index (χ4n) is 1.82. The lowest BCUT2D eigenvalue weighted by Gasteiger charge is -2.12. The van der Waals surface area contributed by atoms with Crippen molar-refractivity contribution in [3.05, 3.63) is 48.0 Å². The number of benzene rings is 2. The van der Waals surface area contributed by atoms with Crippen molar-refractivity contribution in [1.29, 1.82) is 0 Å². The highest BCUT2D eigenvalue weighted by Crippen LogP contribution is 2.30. The third-order valence-electron chi connectivity index (χ3n) is 3.02. The molecule has 0 saturated heterocycles. The largest absolute Gasteiger partial charge is 0.504 e. The number of phenols is 1. The van der Waals surface area contributed by atoms with E-state index in [2.05, 4.69) is 0 Å². The van der Waals surface area contributed by atoms with Gasteiger partial charge in [0.1, 0.15) is 11.5 Å². The van der Waals surface area contributed by atoms with Crippen LogP contribution >= 0.6 is 0 Å². The number of hydrogen-bond acceptors (Lipinski definition) is 6. The van der Waals surface area contributed by atoms with Crippen LogP contribution in [-0.4, -0.2) is 30.4 Å².